The first-order chi connectivity index (χ1) is 6.31. The summed E-state index contributed by atoms with van der Waals surface area (Å²) >= 11 is 0. The van der Waals surface area contributed by atoms with Crippen LogP contribution in [-0.4, -0.2) is 12.3 Å². The first-order valence-corrected chi connectivity index (χ1v) is 4.59. The molecule has 0 bridgehead atoms. The monoisotopic (exact) mass is 175 g/mol. The van der Waals surface area contributed by atoms with E-state index in [0.717, 1.165) is 19.1 Å². The van der Waals surface area contributed by atoms with Gasteiger partial charge in [-0.2, -0.15) is 0 Å². The van der Waals surface area contributed by atoms with Gasteiger partial charge in [0, 0.05) is 0 Å². The van der Waals surface area contributed by atoms with E-state index in [1.54, 1.807) is 0 Å². The number of carbonyl (C=O) groups is 1. The normalized spacial score (nSPS) is 18.2. The molecule has 0 heterocycles. The molecule has 0 radical (unpaired) electrons. The lowest BCUT2D eigenvalue weighted by Gasteiger charge is -2.11. The number of nitrogens with two attached hydrogens (primary N) is 1. The molecule has 1 aromatic rings. The second kappa shape index (κ2) is 3.30. The van der Waals surface area contributed by atoms with E-state index in [0.29, 0.717) is 5.92 Å². The van der Waals surface area contributed by atoms with Crippen molar-refractivity contribution in [3.8, 4) is 0 Å². The zero-order valence-electron chi connectivity index (χ0n) is 7.44. The molecular weight excluding hydrogens is 162 g/mol. The Morgan fingerprint density at radius 2 is 1.85 bits per heavy atom. The Hall–Kier alpha value is -1.15. The topological polar surface area (TPSA) is 43.1 Å². The minimum atomic E-state index is -0.299. The van der Waals surface area contributed by atoms with E-state index >= 15 is 0 Å². The number of rotatable bonds is 2. The van der Waals surface area contributed by atoms with Crippen LogP contribution in [-0.2, 0) is 17.6 Å². The summed E-state index contributed by atoms with van der Waals surface area (Å²) in [5.41, 5.74) is 8.39. The molecule has 1 atom stereocenters. The van der Waals surface area contributed by atoms with Crippen molar-refractivity contribution in [3.63, 3.8) is 0 Å². The molecule has 2 N–H and O–H groups in total. The minimum absolute atomic E-state index is 0.299. The second-order valence-corrected chi connectivity index (χ2v) is 3.65. The highest BCUT2D eigenvalue weighted by atomic mass is 16.1. The molecule has 1 aliphatic rings. The van der Waals surface area contributed by atoms with Gasteiger partial charge in [0.25, 0.3) is 0 Å². The molecule has 1 aliphatic carbocycles. The van der Waals surface area contributed by atoms with Crippen molar-refractivity contribution in [2.24, 2.45) is 11.7 Å². The van der Waals surface area contributed by atoms with E-state index in [4.69, 9.17) is 5.73 Å². The zero-order valence-corrected chi connectivity index (χ0v) is 7.44. The number of benzene rings is 1. The van der Waals surface area contributed by atoms with Gasteiger partial charge in [-0.05, 0) is 29.9 Å². The Balaban J connectivity index is 2.18. The van der Waals surface area contributed by atoms with E-state index in [1.807, 2.05) is 12.1 Å². The molecule has 1 unspecified atom stereocenters. The van der Waals surface area contributed by atoms with Gasteiger partial charge in [-0.25, -0.2) is 0 Å². The van der Waals surface area contributed by atoms with E-state index in [-0.39, 0.29) is 6.04 Å². The predicted octanol–water partition coefficient (Wildman–Crippen LogP) is 0.928. The third-order valence-corrected chi connectivity index (χ3v) is 2.78. The highest BCUT2D eigenvalue weighted by molar-refractivity contribution is 5.58. The van der Waals surface area contributed by atoms with Crippen LogP contribution in [0.4, 0.5) is 0 Å². The summed E-state index contributed by atoms with van der Waals surface area (Å²) in [6.45, 7) is 0. The Morgan fingerprint density at radius 1 is 1.31 bits per heavy atom. The lowest BCUT2D eigenvalue weighted by Crippen LogP contribution is -2.31. The van der Waals surface area contributed by atoms with Crippen LogP contribution in [0.2, 0.25) is 0 Å². The number of hydrogen-bond acceptors (Lipinski definition) is 2. The Morgan fingerprint density at radius 3 is 2.31 bits per heavy atom. The van der Waals surface area contributed by atoms with Gasteiger partial charge in [0.2, 0.25) is 0 Å². The van der Waals surface area contributed by atoms with Gasteiger partial charge in [-0.15, -0.1) is 0 Å². The van der Waals surface area contributed by atoms with Crippen LogP contribution in [0.5, 0.6) is 0 Å². The van der Waals surface area contributed by atoms with Gasteiger partial charge < -0.3 is 10.5 Å². The first kappa shape index (κ1) is 8.45. The number of aldehydes is 1. The number of hydrogen-bond donors (Lipinski definition) is 1. The van der Waals surface area contributed by atoms with Crippen molar-refractivity contribution in [1.82, 2.24) is 0 Å². The molecular formula is C11H13NO. The maximum absolute atomic E-state index is 10.5. The summed E-state index contributed by atoms with van der Waals surface area (Å²) in [7, 11) is 0. The van der Waals surface area contributed by atoms with Gasteiger partial charge in [0.05, 0.1) is 6.04 Å². The predicted molar refractivity (Wildman–Crippen MR) is 51.4 cm³/mol. The molecule has 0 aromatic heterocycles. The highest BCUT2D eigenvalue weighted by Gasteiger charge is 2.25. The SMILES string of the molecule is NC(C=O)C1Cc2ccccc2C1. The molecule has 1 aromatic carbocycles. The van der Waals surface area contributed by atoms with Gasteiger partial charge >= 0.3 is 0 Å². The van der Waals surface area contributed by atoms with Gasteiger partial charge in [-0.3, -0.25) is 0 Å². The third-order valence-electron chi connectivity index (χ3n) is 2.78. The molecule has 2 nitrogen and oxygen atoms in total. The van der Waals surface area contributed by atoms with Crippen molar-refractivity contribution in [2.75, 3.05) is 0 Å². The molecule has 13 heavy (non-hydrogen) atoms. The van der Waals surface area contributed by atoms with Crippen molar-refractivity contribution in [2.45, 2.75) is 18.9 Å². The molecule has 2 heteroatoms. The fourth-order valence-electron chi connectivity index (χ4n) is 1.98. The summed E-state index contributed by atoms with van der Waals surface area (Å²) in [6.07, 6.45) is 2.77. The average Bonchev–Trinajstić information content (AvgIpc) is 2.59. The molecule has 0 saturated heterocycles. The fourth-order valence-corrected chi connectivity index (χ4v) is 1.98. The van der Waals surface area contributed by atoms with Crippen LogP contribution in [0.3, 0.4) is 0 Å². The zero-order chi connectivity index (χ0) is 9.26. The van der Waals surface area contributed by atoms with Crippen LogP contribution in [0.25, 0.3) is 0 Å². The summed E-state index contributed by atoms with van der Waals surface area (Å²) < 4.78 is 0. The summed E-state index contributed by atoms with van der Waals surface area (Å²) in [4.78, 5) is 10.5. The van der Waals surface area contributed by atoms with Gasteiger partial charge in [0.15, 0.2) is 0 Å². The summed E-state index contributed by atoms with van der Waals surface area (Å²) in [5.74, 6) is 0.315. The molecule has 0 fully saturated rings. The Labute approximate surface area is 77.8 Å². The van der Waals surface area contributed by atoms with Gasteiger partial charge in [0.1, 0.15) is 6.29 Å². The van der Waals surface area contributed by atoms with E-state index < -0.39 is 0 Å². The molecule has 0 aliphatic heterocycles. The number of fused-ring (bicyclic) bond motifs is 1. The highest BCUT2D eigenvalue weighted by Crippen LogP contribution is 2.27. The van der Waals surface area contributed by atoms with Crippen LogP contribution >= 0.6 is 0 Å². The molecule has 0 spiro atoms. The molecule has 2 rings (SSSR count). The molecule has 68 valence electrons. The Kier molecular flexibility index (Phi) is 2.15. The van der Waals surface area contributed by atoms with Crippen LogP contribution in [0.1, 0.15) is 11.1 Å². The maximum atomic E-state index is 10.5. The second-order valence-electron chi connectivity index (χ2n) is 3.65. The molecule has 0 saturated carbocycles. The van der Waals surface area contributed by atoms with E-state index in [9.17, 15) is 4.79 Å². The first-order valence-electron chi connectivity index (χ1n) is 4.59. The van der Waals surface area contributed by atoms with Crippen molar-refractivity contribution in [3.05, 3.63) is 35.4 Å². The fraction of sp³-hybridized carbons (Fsp3) is 0.364. The lowest BCUT2D eigenvalue weighted by molar-refractivity contribution is -0.109. The van der Waals surface area contributed by atoms with E-state index in [2.05, 4.69) is 12.1 Å². The van der Waals surface area contributed by atoms with Gasteiger partial charge in [-0.1, -0.05) is 24.3 Å². The van der Waals surface area contributed by atoms with Crippen LogP contribution in [0.15, 0.2) is 24.3 Å². The standard InChI is InChI=1S/C11H13NO/c12-11(7-13)10-5-8-3-1-2-4-9(8)6-10/h1-4,7,10-11H,5-6,12H2. The lowest BCUT2D eigenvalue weighted by atomic mass is 9.99. The third kappa shape index (κ3) is 1.49. The van der Waals surface area contributed by atoms with Crippen LogP contribution < -0.4 is 5.73 Å². The van der Waals surface area contributed by atoms with Crippen LogP contribution in [0, 0.1) is 5.92 Å². The largest absolute Gasteiger partial charge is 0.321 e. The summed E-state index contributed by atoms with van der Waals surface area (Å²) in [6, 6.07) is 8.01. The number of carbonyl (C=O) groups excluding carboxylic acids is 1. The Bertz CT molecular complexity index is 297. The van der Waals surface area contributed by atoms with Crippen molar-refractivity contribution < 1.29 is 4.79 Å². The van der Waals surface area contributed by atoms with E-state index in [1.165, 1.54) is 11.1 Å². The maximum Gasteiger partial charge on any atom is 0.136 e. The summed E-state index contributed by atoms with van der Waals surface area (Å²) in [5, 5.41) is 0. The minimum Gasteiger partial charge on any atom is -0.321 e. The van der Waals surface area contributed by atoms with Crippen molar-refractivity contribution in [1.29, 1.82) is 0 Å². The smallest absolute Gasteiger partial charge is 0.136 e. The average molecular weight is 175 g/mol. The van der Waals surface area contributed by atoms with Crippen molar-refractivity contribution >= 4 is 6.29 Å². The quantitative estimate of drug-likeness (QED) is 0.679. The molecule has 0 amide bonds.